The Hall–Kier alpha value is -3.85. The van der Waals surface area contributed by atoms with Crippen molar-refractivity contribution in [3.8, 4) is 0 Å². The molecule has 5 rings (SSSR count). The number of Topliss-reactive ketones (excluding diaryl/α,β-unsaturated/α-hetero) is 1. The Morgan fingerprint density at radius 1 is 1.28 bits per heavy atom. The van der Waals surface area contributed by atoms with Crippen LogP contribution in [0, 0.1) is 0 Å². The first-order chi connectivity index (χ1) is 18.7. The molecule has 1 aliphatic carbocycles. The van der Waals surface area contributed by atoms with Gasteiger partial charge in [0.1, 0.15) is 17.5 Å². The fraction of sp³-hybridized carbons (Fsp3) is 0.417. The van der Waals surface area contributed by atoms with E-state index >= 15 is 0 Å². The molecule has 13 nitrogen and oxygen atoms in total. The molecule has 39 heavy (non-hydrogen) atoms. The van der Waals surface area contributed by atoms with E-state index in [1.54, 1.807) is 29.1 Å². The van der Waals surface area contributed by atoms with Crippen molar-refractivity contribution in [2.75, 3.05) is 11.5 Å². The first-order valence-corrected chi connectivity index (χ1v) is 14.1. The van der Waals surface area contributed by atoms with Gasteiger partial charge in [-0.25, -0.2) is 4.57 Å². The molecule has 2 aliphatic heterocycles. The summed E-state index contributed by atoms with van der Waals surface area (Å²) >= 11 is 2.22. The summed E-state index contributed by atoms with van der Waals surface area (Å²) in [5.41, 5.74) is 6.27. The van der Waals surface area contributed by atoms with Crippen LogP contribution < -0.4 is 20.7 Å². The number of nitrogens with one attached hydrogen (secondary N) is 1. The Balaban J connectivity index is 1.32. The Bertz CT molecular complexity index is 1380. The minimum Gasteiger partial charge on any atom is -0.543 e. The average molecular weight is 572 g/mol. The second-order valence-corrected chi connectivity index (χ2v) is 11.2. The van der Waals surface area contributed by atoms with Gasteiger partial charge in [-0.3, -0.25) is 19.3 Å². The van der Waals surface area contributed by atoms with Crippen LogP contribution in [0.25, 0.3) is 0 Å². The van der Waals surface area contributed by atoms with Gasteiger partial charge in [-0.1, -0.05) is 5.16 Å². The van der Waals surface area contributed by atoms with E-state index in [4.69, 9.17) is 10.6 Å². The minimum absolute atomic E-state index is 0.0154. The van der Waals surface area contributed by atoms with Crippen LogP contribution in [-0.2, 0) is 25.8 Å². The van der Waals surface area contributed by atoms with E-state index < -0.39 is 29.2 Å². The molecule has 0 spiro atoms. The van der Waals surface area contributed by atoms with Crippen LogP contribution in [0.5, 0.6) is 0 Å². The van der Waals surface area contributed by atoms with Crippen molar-refractivity contribution < 1.29 is 33.7 Å². The highest BCUT2D eigenvalue weighted by Gasteiger charge is 2.53. The van der Waals surface area contributed by atoms with Crippen LogP contribution in [0.15, 0.2) is 41.0 Å². The number of nitrogen functional groups attached to an aromatic ring is 1. The van der Waals surface area contributed by atoms with Crippen molar-refractivity contribution >= 4 is 57.7 Å². The van der Waals surface area contributed by atoms with Gasteiger partial charge in [0, 0.05) is 40.6 Å². The summed E-state index contributed by atoms with van der Waals surface area (Å²) in [5.74, 6) is -2.60. The van der Waals surface area contributed by atoms with Gasteiger partial charge >= 0.3 is 0 Å². The SMILES string of the molecule is CC(=O)c1cc[n+](CC2=C(C(=O)[O-])N3C(=O)C(NC(=O)C(=NOC4CCCC4)c4nsc(N)n4)[C@H]3SC2)cc1. The number of β-lactam (4-membered cyclic amide) rings is 1. The van der Waals surface area contributed by atoms with Crippen molar-refractivity contribution in [3.05, 3.63) is 47.2 Å². The molecule has 4 heterocycles. The van der Waals surface area contributed by atoms with Crippen LogP contribution in [-0.4, -0.2) is 66.8 Å². The molecular weight excluding hydrogens is 546 g/mol. The molecule has 1 saturated heterocycles. The van der Waals surface area contributed by atoms with Crippen LogP contribution in [0.3, 0.4) is 0 Å². The zero-order valence-electron chi connectivity index (χ0n) is 20.9. The molecule has 2 aromatic heterocycles. The number of pyridine rings is 1. The van der Waals surface area contributed by atoms with Gasteiger partial charge in [0.25, 0.3) is 11.8 Å². The second kappa shape index (κ2) is 11.1. The molecule has 15 heteroatoms. The lowest BCUT2D eigenvalue weighted by molar-refractivity contribution is -0.689. The topological polar surface area (TPSA) is 184 Å². The molecule has 3 aliphatic rings. The lowest BCUT2D eigenvalue weighted by atomic mass is 10.0. The summed E-state index contributed by atoms with van der Waals surface area (Å²) in [6, 6.07) is 2.29. The second-order valence-electron chi connectivity index (χ2n) is 9.32. The van der Waals surface area contributed by atoms with E-state index in [1.807, 2.05) is 0 Å². The van der Waals surface area contributed by atoms with E-state index in [0.717, 1.165) is 42.1 Å². The normalized spacial score (nSPS) is 21.4. The zero-order valence-corrected chi connectivity index (χ0v) is 22.5. The lowest BCUT2D eigenvalue weighted by Crippen LogP contribution is -2.71. The number of ketones is 1. The fourth-order valence-corrected chi connectivity index (χ4v) is 6.43. The molecule has 2 aromatic rings. The Morgan fingerprint density at radius 2 is 2.00 bits per heavy atom. The van der Waals surface area contributed by atoms with E-state index in [-0.39, 0.29) is 40.8 Å². The number of aliphatic carboxylic acids is 1. The number of carboxylic acids is 1. The third kappa shape index (κ3) is 5.49. The monoisotopic (exact) mass is 571 g/mol. The number of thioether (sulfide) groups is 1. The van der Waals surface area contributed by atoms with Gasteiger partial charge in [0.05, 0.1) is 11.7 Å². The third-order valence-electron chi connectivity index (χ3n) is 6.66. The molecule has 204 valence electrons. The number of anilines is 1. The number of hydrogen-bond donors (Lipinski definition) is 2. The van der Waals surface area contributed by atoms with Crippen molar-refractivity contribution in [1.82, 2.24) is 19.6 Å². The standard InChI is InChI=1S/C24H25N7O6S2/c1-12(32)13-6-8-30(9-7-13)10-14-11-38-22-17(21(34)31(22)18(14)23(35)36)26-20(33)16(19-27-24(25)39-29-19)28-37-15-4-2-3-5-15/h6-9,15,17,22H,2-5,10-11H2,1H3,(H3-,25,26,27,29,33,35,36)/t17?,22-/m1/s1. The van der Waals surface area contributed by atoms with Crippen LogP contribution in [0.1, 0.15) is 48.8 Å². The van der Waals surface area contributed by atoms with E-state index in [9.17, 15) is 24.3 Å². The van der Waals surface area contributed by atoms with Gasteiger partial charge < -0.3 is 25.8 Å². The quantitative estimate of drug-likeness (QED) is 0.129. The van der Waals surface area contributed by atoms with Crippen LogP contribution in [0.4, 0.5) is 5.13 Å². The first-order valence-electron chi connectivity index (χ1n) is 12.2. The van der Waals surface area contributed by atoms with Crippen molar-refractivity contribution in [3.63, 3.8) is 0 Å². The van der Waals surface area contributed by atoms with Crippen LogP contribution >= 0.6 is 23.3 Å². The highest BCUT2D eigenvalue weighted by atomic mass is 32.2. The molecule has 0 bridgehead atoms. The van der Waals surface area contributed by atoms with Gasteiger partial charge in [-0.15, -0.1) is 11.8 Å². The number of hydrogen-bond acceptors (Lipinski definition) is 12. The number of carbonyl (C=O) groups is 4. The first kappa shape index (κ1) is 26.7. The molecule has 0 radical (unpaired) electrons. The van der Waals surface area contributed by atoms with Crippen LogP contribution in [0.2, 0.25) is 0 Å². The summed E-state index contributed by atoms with van der Waals surface area (Å²) < 4.78 is 5.77. The number of rotatable bonds is 9. The summed E-state index contributed by atoms with van der Waals surface area (Å²) in [5, 5.41) is 18.2. The van der Waals surface area contributed by atoms with Crippen molar-refractivity contribution in [2.45, 2.75) is 56.7 Å². The number of nitrogens with zero attached hydrogens (tertiary/aromatic N) is 5. The van der Waals surface area contributed by atoms with E-state index in [1.165, 1.54) is 18.7 Å². The number of oxime groups is 1. The van der Waals surface area contributed by atoms with Gasteiger partial charge in [0.2, 0.25) is 11.5 Å². The van der Waals surface area contributed by atoms with E-state index in [0.29, 0.717) is 16.9 Å². The fourth-order valence-electron chi connectivity index (χ4n) is 4.66. The molecule has 1 saturated carbocycles. The van der Waals surface area contributed by atoms with Gasteiger partial charge in [-0.05, 0) is 32.6 Å². The number of aromatic nitrogens is 3. The zero-order chi connectivity index (χ0) is 27.7. The maximum absolute atomic E-state index is 13.2. The van der Waals surface area contributed by atoms with Crippen molar-refractivity contribution in [2.24, 2.45) is 5.16 Å². The molecule has 2 fully saturated rings. The van der Waals surface area contributed by atoms with Gasteiger partial charge in [-0.2, -0.15) is 9.36 Å². The maximum atomic E-state index is 13.2. The smallest absolute Gasteiger partial charge is 0.278 e. The Labute approximate surface area is 231 Å². The molecular formula is C24H25N7O6S2. The predicted octanol–water partition coefficient (Wildman–Crippen LogP) is -0.622. The summed E-state index contributed by atoms with van der Waals surface area (Å²) in [7, 11) is 0. The number of carboxylic acid groups (broad SMARTS) is 1. The number of amides is 2. The van der Waals surface area contributed by atoms with Gasteiger partial charge in [0.15, 0.2) is 29.9 Å². The predicted molar refractivity (Wildman–Crippen MR) is 138 cm³/mol. The number of carbonyl (C=O) groups excluding carboxylic acids is 4. The van der Waals surface area contributed by atoms with E-state index in [2.05, 4.69) is 19.8 Å². The summed E-state index contributed by atoms with van der Waals surface area (Å²) in [6.07, 6.45) is 6.87. The third-order valence-corrected chi connectivity index (χ3v) is 8.54. The molecule has 2 amide bonds. The number of fused-ring (bicyclic) bond motifs is 1. The summed E-state index contributed by atoms with van der Waals surface area (Å²) in [6.45, 7) is 1.65. The largest absolute Gasteiger partial charge is 0.543 e. The summed E-state index contributed by atoms with van der Waals surface area (Å²) in [4.78, 5) is 60.6. The Kier molecular flexibility index (Phi) is 7.61. The molecule has 3 N–H and O–H groups in total. The number of nitrogens with two attached hydrogens (primary N) is 1. The highest BCUT2D eigenvalue weighted by Crippen LogP contribution is 2.40. The average Bonchev–Trinajstić information content (AvgIpc) is 3.59. The van der Waals surface area contributed by atoms with Crippen molar-refractivity contribution in [1.29, 1.82) is 0 Å². The molecule has 0 aromatic carbocycles. The minimum atomic E-state index is -1.48. The molecule has 2 atom stereocenters. The maximum Gasteiger partial charge on any atom is 0.278 e. The molecule has 1 unspecified atom stereocenters. The Morgan fingerprint density at radius 3 is 2.62 bits per heavy atom. The lowest BCUT2D eigenvalue weighted by Gasteiger charge is -2.50. The highest BCUT2D eigenvalue weighted by molar-refractivity contribution is 8.00.